The number of likely N-dealkylation sites (tertiary alicyclic amines) is 1. The fraction of sp³-hybridized carbons (Fsp3) is 0.227. The Bertz CT molecular complexity index is 1210. The van der Waals surface area contributed by atoms with Crippen LogP contribution in [0.4, 0.5) is 5.69 Å². The van der Waals surface area contributed by atoms with Gasteiger partial charge in [0.25, 0.3) is 11.8 Å². The Morgan fingerprint density at radius 3 is 2.90 bits per heavy atom. The second kappa shape index (κ2) is 7.54. The lowest BCUT2D eigenvalue weighted by atomic mass is 10.0. The zero-order chi connectivity index (χ0) is 21.3. The Balaban J connectivity index is 1.55. The van der Waals surface area contributed by atoms with Crippen molar-refractivity contribution in [3.8, 4) is 17.6 Å². The van der Waals surface area contributed by atoms with Crippen molar-refractivity contribution < 1.29 is 19.4 Å². The molecule has 1 aliphatic rings. The molecule has 1 atom stereocenters. The summed E-state index contributed by atoms with van der Waals surface area (Å²) in [5, 5.41) is 13.2. The first-order valence-corrected chi connectivity index (χ1v) is 9.33. The van der Waals surface area contributed by atoms with Crippen LogP contribution in [-0.2, 0) is 4.79 Å². The summed E-state index contributed by atoms with van der Waals surface area (Å²) in [5.41, 5.74) is 0.188. The van der Waals surface area contributed by atoms with Gasteiger partial charge < -0.3 is 20.1 Å². The number of imidazole rings is 1. The van der Waals surface area contributed by atoms with E-state index < -0.39 is 11.5 Å². The summed E-state index contributed by atoms with van der Waals surface area (Å²) >= 11 is 0. The van der Waals surface area contributed by atoms with Gasteiger partial charge in [-0.15, -0.1) is 0 Å². The van der Waals surface area contributed by atoms with Gasteiger partial charge in [0.2, 0.25) is 11.4 Å². The number of hydrogen-bond donors (Lipinski definition) is 2. The predicted molar refractivity (Wildman–Crippen MR) is 110 cm³/mol. The Kier molecular flexibility index (Phi) is 4.90. The third-order valence-corrected chi connectivity index (χ3v) is 4.98. The van der Waals surface area contributed by atoms with E-state index in [1.54, 1.807) is 61.3 Å². The molecule has 0 radical (unpaired) electrons. The molecule has 4 rings (SSSR count). The first-order valence-electron chi connectivity index (χ1n) is 9.33. The van der Waals surface area contributed by atoms with Crippen molar-refractivity contribution in [3.63, 3.8) is 0 Å². The normalized spacial score (nSPS) is 18.2. The Labute approximate surface area is 173 Å². The van der Waals surface area contributed by atoms with Gasteiger partial charge in [0, 0.05) is 31.3 Å². The van der Waals surface area contributed by atoms with E-state index in [0.717, 1.165) is 5.52 Å². The molecule has 1 aliphatic heterocycles. The molecule has 3 heterocycles. The van der Waals surface area contributed by atoms with Crippen LogP contribution in [-0.4, -0.2) is 57.5 Å². The quantitative estimate of drug-likeness (QED) is 0.646. The molecule has 30 heavy (non-hydrogen) atoms. The van der Waals surface area contributed by atoms with Crippen LogP contribution in [0.25, 0.3) is 5.52 Å². The van der Waals surface area contributed by atoms with Crippen LogP contribution in [0.1, 0.15) is 22.6 Å². The molecule has 0 spiro atoms. The Morgan fingerprint density at radius 2 is 2.17 bits per heavy atom. The molecule has 2 amide bonds. The Morgan fingerprint density at radius 1 is 1.33 bits per heavy atom. The number of carbonyl (C=O) groups is 2. The van der Waals surface area contributed by atoms with Crippen molar-refractivity contribution in [1.29, 1.82) is 0 Å². The standard InChI is InChI=1S/C22H20N4O4/c1-25-11-10-22(29,21(25)28)9-8-15-4-3-5-16(12-15)24-20(27)19-23-13-17-6-7-18(30-2)14-26(17)19/h3-7,12-14,29H,10-11H2,1-2H3,(H,24,27)/t22-/m0/s1. The van der Waals surface area contributed by atoms with Gasteiger partial charge in [0.05, 0.1) is 25.0 Å². The molecule has 1 fully saturated rings. The number of likely N-dealkylation sites (N-methyl/N-ethyl adjacent to an activating group) is 1. The van der Waals surface area contributed by atoms with Gasteiger partial charge in [-0.3, -0.25) is 14.0 Å². The molecule has 0 unspecified atom stereocenters. The number of rotatable bonds is 3. The minimum atomic E-state index is -1.66. The fourth-order valence-corrected chi connectivity index (χ4v) is 3.27. The zero-order valence-corrected chi connectivity index (χ0v) is 16.5. The maximum Gasteiger partial charge on any atom is 0.292 e. The highest BCUT2D eigenvalue weighted by Gasteiger charge is 2.42. The van der Waals surface area contributed by atoms with Gasteiger partial charge in [0.1, 0.15) is 5.75 Å². The molecule has 3 aromatic rings. The number of aromatic nitrogens is 2. The van der Waals surface area contributed by atoms with Crippen LogP contribution in [0.15, 0.2) is 48.8 Å². The summed E-state index contributed by atoms with van der Waals surface area (Å²) in [4.78, 5) is 30.4. The first-order chi connectivity index (χ1) is 14.4. The van der Waals surface area contributed by atoms with E-state index >= 15 is 0 Å². The highest BCUT2D eigenvalue weighted by atomic mass is 16.5. The minimum absolute atomic E-state index is 0.217. The molecular weight excluding hydrogens is 384 g/mol. The number of aliphatic hydroxyl groups is 1. The number of pyridine rings is 1. The van der Waals surface area contributed by atoms with Crippen LogP contribution < -0.4 is 10.1 Å². The third kappa shape index (κ3) is 3.58. The summed E-state index contributed by atoms with van der Waals surface area (Å²) in [7, 11) is 3.19. The molecule has 0 aliphatic carbocycles. The van der Waals surface area contributed by atoms with E-state index in [0.29, 0.717) is 23.5 Å². The average Bonchev–Trinajstić information content (AvgIpc) is 3.29. The van der Waals surface area contributed by atoms with Gasteiger partial charge in [0.15, 0.2) is 0 Å². The van der Waals surface area contributed by atoms with E-state index in [1.807, 2.05) is 6.07 Å². The summed E-state index contributed by atoms with van der Waals surface area (Å²) in [6.45, 7) is 0.461. The van der Waals surface area contributed by atoms with E-state index in [4.69, 9.17) is 4.74 Å². The maximum absolute atomic E-state index is 12.7. The number of nitrogens with zero attached hydrogens (tertiary/aromatic N) is 3. The lowest BCUT2D eigenvalue weighted by molar-refractivity contribution is -0.137. The van der Waals surface area contributed by atoms with E-state index in [1.165, 1.54) is 4.90 Å². The van der Waals surface area contributed by atoms with Gasteiger partial charge >= 0.3 is 0 Å². The number of ether oxygens (including phenoxy) is 1. The van der Waals surface area contributed by atoms with Crippen LogP contribution in [0.5, 0.6) is 5.75 Å². The maximum atomic E-state index is 12.7. The summed E-state index contributed by atoms with van der Waals surface area (Å²) < 4.78 is 6.86. The molecule has 2 N–H and O–H groups in total. The lowest BCUT2D eigenvalue weighted by Crippen LogP contribution is -2.37. The monoisotopic (exact) mass is 404 g/mol. The first kappa shape index (κ1) is 19.5. The molecule has 8 nitrogen and oxygen atoms in total. The number of fused-ring (bicyclic) bond motifs is 1. The largest absolute Gasteiger partial charge is 0.495 e. The van der Waals surface area contributed by atoms with Gasteiger partial charge in [-0.05, 0) is 30.3 Å². The lowest BCUT2D eigenvalue weighted by Gasteiger charge is -2.13. The molecule has 1 saturated heterocycles. The molecule has 152 valence electrons. The van der Waals surface area contributed by atoms with Crippen molar-refractivity contribution in [2.75, 3.05) is 26.0 Å². The minimum Gasteiger partial charge on any atom is -0.495 e. The highest BCUT2D eigenvalue weighted by Crippen LogP contribution is 2.21. The van der Waals surface area contributed by atoms with Crippen molar-refractivity contribution in [2.24, 2.45) is 0 Å². The predicted octanol–water partition coefficient (Wildman–Crippen LogP) is 1.54. The number of methoxy groups -OCH3 is 1. The average molecular weight is 404 g/mol. The van der Waals surface area contributed by atoms with Crippen molar-refractivity contribution in [2.45, 2.75) is 12.0 Å². The molecule has 8 heteroatoms. The second-order valence-electron chi connectivity index (χ2n) is 7.07. The summed E-state index contributed by atoms with van der Waals surface area (Å²) in [6.07, 6.45) is 3.56. The van der Waals surface area contributed by atoms with E-state index in [-0.39, 0.29) is 18.2 Å². The van der Waals surface area contributed by atoms with Crippen LogP contribution in [0, 0.1) is 11.8 Å². The highest BCUT2D eigenvalue weighted by molar-refractivity contribution is 6.02. The van der Waals surface area contributed by atoms with Crippen LogP contribution in [0.2, 0.25) is 0 Å². The summed E-state index contributed by atoms with van der Waals surface area (Å²) in [5.74, 6) is 5.54. The van der Waals surface area contributed by atoms with Crippen molar-refractivity contribution >= 4 is 23.0 Å². The molecule has 2 aromatic heterocycles. The number of hydrogen-bond acceptors (Lipinski definition) is 5. The number of carbonyl (C=O) groups excluding carboxylic acids is 2. The van der Waals surface area contributed by atoms with Crippen LogP contribution in [0.3, 0.4) is 0 Å². The SMILES string of the molecule is COc1ccc2cnc(C(=O)Nc3cccc(C#C[C@]4(O)CCN(C)C4=O)c3)n2c1. The Hall–Kier alpha value is -3.83. The van der Waals surface area contributed by atoms with Gasteiger partial charge in [-0.2, -0.15) is 0 Å². The second-order valence-corrected chi connectivity index (χ2v) is 7.07. The molecule has 0 bridgehead atoms. The smallest absolute Gasteiger partial charge is 0.292 e. The van der Waals surface area contributed by atoms with Crippen molar-refractivity contribution in [1.82, 2.24) is 14.3 Å². The number of anilines is 1. The van der Waals surface area contributed by atoms with Gasteiger partial charge in [-0.25, -0.2) is 4.98 Å². The van der Waals surface area contributed by atoms with Crippen LogP contribution >= 0.6 is 0 Å². The van der Waals surface area contributed by atoms with E-state index in [9.17, 15) is 14.7 Å². The molecule has 1 aromatic carbocycles. The number of nitrogens with one attached hydrogen (secondary N) is 1. The molecule has 0 saturated carbocycles. The fourth-order valence-electron chi connectivity index (χ4n) is 3.27. The third-order valence-electron chi connectivity index (χ3n) is 4.98. The number of amides is 2. The topological polar surface area (TPSA) is 96.2 Å². The van der Waals surface area contributed by atoms with Crippen molar-refractivity contribution in [3.05, 3.63) is 60.2 Å². The molecular formula is C22H20N4O4. The van der Waals surface area contributed by atoms with E-state index in [2.05, 4.69) is 22.1 Å². The zero-order valence-electron chi connectivity index (χ0n) is 16.5. The van der Waals surface area contributed by atoms with Gasteiger partial charge in [-0.1, -0.05) is 17.9 Å². The summed E-state index contributed by atoms with van der Waals surface area (Å²) in [6, 6.07) is 10.5. The number of benzene rings is 1.